The summed E-state index contributed by atoms with van der Waals surface area (Å²) in [7, 11) is 0. The topological polar surface area (TPSA) is 64.9 Å². The minimum absolute atomic E-state index is 0.653. The highest BCUT2D eigenvalue weighted by Gasteiger charge is 2.03. The van der Waals surface area contributed by atoms with E-state index >= 15 is 0 Å². The molecule has 12 heavy (non-hydrogen) atoms. The molecule has 0 aliphatic rings. The zero-order chi connectivity index (χ0) is 8.81. The van der Waals surface area contributed by atoms with Gasteiger partial charge in [-0.25, -0.2) is 0 Å². The van der Waals surface area contributed by atoms with Gasteiger partial charge in [-0.05, 0) is 13.0 Å². The first kappa shape index (κ1) is 9.54. The Morgan fingerprint density at radius 1 is 1.50 bits per heavy atom. The van der Waals surface area contributed by atoms with Crippen LogP contribution < -0.4 is 5.73 Å². The molecular weight excluding hydrogens is 174 g/mol. The zero-order valence-electron chi connectivity index (χ0n) is 7.12. The molecule has 5 heteroatoms. The maximum absolute atomic E-state index is 5.34. The Balaban J connectivity index is 2.31. The number of nitrogens with zero attached hydrogens (tertiary/aromatic N) is 2. The Hall–Kier alpha value is -0.550. The maximum atomic E-state index is 5.34. The van der Waals surface area contributed by atoms with Crippen LogP contribution in [-0.2, 0) is 6.42 Å². The molecule has 0 atom stereocenters. The summed E-state index contributed by atoms with van der Waals surface area (Å²) < 4.78 is 5.28. The van der Waals surface area contributed by atoms with Crippen LogP contribution in [0.15, 0.2) is 9.64 Å². The smallest absolute Gasteiger partial charge is 0.276 e. The molecule has 0 fully saturated rings. The lowest BCUT2D eigenvalue weighted by Gasteiger charge is -1.91. The van der Waals surface area contributed by atoms with Crippen LogP contribution in [0.2, 0.25) is 0 Å². The molecule has 0 unspecified atom stereocenters. The van der Waals surface area contributed by atoms with Gasteiger partial charge in [-0.3, -0.25) is 0 Å². The van der Waals surface area contributed by atoms with Crippen LogP contribution in [-0.4, -0.2) is 22.5 Å². The van der Waals surface area contributed by atoms with E-state index in [4.69, 9.17) is 10.2 Å². The van der Waals surface area contributed by atoms with Crippen LogP contribution >= 0.6 is 11.8 Å². The highest BCUT2D eigenvalue weighted by atomic mass is 32.2. The average Bonchev–Trinajstić information content (AvgIpc) is 2.53. The van der Waals surface area contributed by atoms with Crippen molar-refractivity contribution in [2.75, 3.05) is 12.3 Å². The van der Waals surface area contributed by atoms with E-state index in [1.165, 1.54) is 0 Å². The predicted molar refractivity (Wildman–Crippen MR) is 48.1 cm³/mol. The van der Waals surface area contributed by atoms with Gasteiger partial charge in [0.25, 0.3) is 5.22 Å². The third kappa shape index (κ3) is 2.83. The van der Waals surface area contributed by atoms with Crippen molar-refractivity contribution >= 4 is 11.8 Å². The summed E-state index contributed by atoms with van der Waals surface area (Å²) in [5, 5.41) is 8.36. The fourth-order valence-corrected chi connectivity index (χ4v) is 1.42. The number of aryl methyl sites for hydroxylation is 1. The van der Waals surface area contributed by atoms with Crippen molar-refractivity contribution in [3.05, 3.63) is 5.89 Å². The van der Waals surface area contributed by atoms with Gasteiger partial charge in [-0.15, -0.1) is 10.2 Å². The molecule has 1 heterocycles. The van der Waals surface area contributed by atoms with Gasteiger partial charge in [0.05, 0.1) is 0 Å². The van der Waals surface area contributed by atoms with E-state index in [0.29, 0.717) is 17.7 Å². The van der Waals surface area contributed by atoms with Crippen molar-refractivity contribution in [2.24, 2.45) is 5.73 Å². The summed E-state index contributed by atoms with van der Waals surface area (Å²) in [5.41, 5.74) is 5.34. The van der Waals surface area contributed by atoms with Gasteiger partial charge < -0.3 is 10.2 Å². The molecule has 0 amide bonds. The summed E-state index contributed by atoms with van der Waals surface area (Å²) >= 11 is 1.56. The molecule has 68 valence electrons. The van der Waals surface area contributed by atoms with E-state index < -0.39 is 0 Å². The molecule has 0 aliphatic heterocycles. The fourth-order valence-electron chi connectivity index (χ4n) is 0.682. The van der Waals surface area contributed by atoms with E-state index in [0.717, 1.165) is 18.6 Å². The fraction of sp³-hybridized carbons (Fsp3) is 0.714. The summed E-state index contributed by atoms with van der Waals surface area (Å²) in [6.45, 7) is 2.70. The Morgan fingerprint density at radius 2 is 2.33 bits per heavy atom. The molecule has 2 N–H and O–H groups in total. The van der Waals surface area contributed by atoms with Crippen molar-refractivity contribution in [1.29, 1.82) is 0 Å². The number of aromatic nitrogens is 2. The van der Waals surface area contributed by atoms with Crippen LogP contribution in [0, 0.1) is 0 Å². The van der Waals surface area contributed by atoms with Crippen molar-refractivity contribution in [1.82, 2.24) is 10.2 Å². The van der Waals surface area contributed by atoms with Crippen molar-refractivity contribution in [3.63, 3.8) is 0 Å². The van der Waals surface area contributed by atoms with E-state index in [-0.39, 0.29) is 0 Å². The van der Waals surface area contributed by atoms with Gasteiger partial charge in [-0.2, -0.15) is 0 Å². The Bertz CT molecular complexity index is 226. The summed E-state index contributed by atoms with van der Waals surface area (Å²) in [6, 6.07) is 0. The predicted octanol–water partition coefficient (Wildman–Crippen LogP) is 1.07. The summed E-state index contributed by atoms with van der Waals surface area (Å²) in [4.78, 5) is 0. The lowest BCUT2D eigenvalue weighted by molar-refractivity contribution is 0.417. The number of thioether (sulfide) groups is 1. The van der Waals surface area contributed by atoms with Gasteiger partial charge in [0, 0.05) is 12.2 Å². The first-order valence-corrected chi connectivity index (χ1v) is 5.00. The second-order valence-corrected chi connectivity index (χ2v) is 3.35. The Kier molecular flexibility index (Phi) is 4.10. The van der Waals surface area contributed by atoms with Crippen molar-refractivity contribution < 1.29 is 4.42 Å². The van der Waals surface area contributed by atoms with Gasteiger partial charge in [-0.1, -0.05) is 18.7 Å². The summed E-state index contributed by atoms with van der Waals surface area (Å²) in [5.74, 6) is 1.65. The normalized spacial score (nSPS) is 10.5. The van der Waals surface area contributed by atoms with Crippen molar-refractivity contribution in [3.8, 4) is 0 Å². The molecule has 1 rings (SSSR count). The number of hydrogen-bond acceptors (Lipinski definition) is 5. The van der Waals surface area contributed by atoms with Crippen molar-refractivity contribution in [2.45, 2.75) is 25.0 Å². The van der Waals surface area contributed by atoms with E-state index in [9.17, 15) is 0 Å². The van der Waals surface area contributed by atoms with Crippen LogP contribution in [0.5, 0.6) is 0 Å². The number of rotatable bonds is 5. The first-order chi connectivity index (χ1) is 5.86. The monoisotopic (exact) mass is 187 g/mol. The van der Waals surface area contributed by atoms with E-state index in [1.54, 1.807) is 11.8 Å². The third-order valence-electron chi connectivity index (χ3n) is 1.32. The number of nitrogens with two attached hydrogens (primary N) is 1. The zero-order valence-corrected chi connectivity index (χ0v) is 7.93. The molecule has 1 aromatic rings. The van der Waals surface area contributed by atoms with Crippen LogP contribution in [0.1, 0.15) is 19.2 Å². The van der Waals surface area contributed by atoms with Gasteiger partial charge in [0.1, 0.15) is 0 Å². The lowest BCUT2D eigenvalue weighted by Crippen LogP contribution is -1.99. The lowest BCUT2D eigenvalue weighted by atomic mass is 10.5. The molecule has 0 spiro atoms. The standard InChI is InChI=1S/C7H13N3OS/c1-2-6-9-10-7(11-6)12-5-3-4-8/h2-5,8H2,1H3. The molecule has 1 aromatic heterocycles. The quantitative estimate of drug-likeness (QED) is 0.552. The average molecular weight is 187 g/mol. The first-order valence-electron chi connectivity index (χ1n) is 4.02. The SMILES string of the molecule is CCc1nnc(SCCCN)o1. The molecule has 0 bridgehead atoms. The van der Waals surface area contributed by atoms with E-state index in [1.807, 2.05) is 6.92 Å². The van der Waals surface area contributed by atoms with Crippen LogP contribution in [0.4, 0.5) is 0 Å². The van der Waals surface area contributed by atoms with Crippen LogP contribution in [0.25, 0.3) is 0 Å². The molecule has 0 saturated heterocycles. The highest BCUT2D eigenvalue weighted by Crippen LogP contribution is 2.16. The molecule has 0 aromatic carbocycles. The Labute approximate surface area is 75.9 Å². The second-order valence-electron chi connectivity index (χ2n) is 2.31. The largest absolute Gasteiger partial charge is 0.416 e. The Morgan fingerprint density at radius 3 is 2.92 bits per heavy atom. The highest BCUT2D eigenvalue weighted by molar-refractivity contribution is 7.99. The molecule has 4 nitrogen and oxygen atoms in total. The van der Waals surface area contributed by atoms with Gasteiger partial charge in [0.15, 0.2) is 0 Å². The minimum atomic E-state index is 0.653. The molecule has 0 saturated carbocycles. The van der Waals surface area contributed by atoms with E-state index in [2.05, 4.69) is 10.2 Å². The van der Waals surface area contributed by atoms with Gasteiger partial charge >= 0.3 is 0 Å². The van der Waals surface area contributed by atoms with Gasteiger partial charge in [0.2, 0.25) is 5.89 Å². The molecule has 0 aliphatic carbocycles. The molecular formula is C7H13N3OS. The molecule has 0 radical (unpaired) electrons. The minimum Gasteiger partial charge on any atom is -0.416 e. The van der Waals surface area contributed by atoms with Crippen LogP contribution in [0.3, 0.4) is 0 Å². The number of hydrogen-bond donors (Lipinski definition) is 1. The maximum Gasteiger partial charge on any atom is 0.276 e. The summed E-state index contributed by atoms with van der Waals surface area (Å²) in [6.07, 6.45) is 1.78. The second kappa shape index (κ2) is 5.16. The third-order valence-corrected chi connectivity index (χ3v) is 2.23.